The molecule has 4 rings (SSSR count). The molecule has 4 aromatic rings. The maximum atomic E-state index is 12.4. The third-order valence-corrected chi connectivity index (χ3v) is 4.52. The van der Waals surface area contributed by atoms with Crippen LogP contribution in [0.5, 0.6) is 0 Å². The minimum Gasteiger partial charge on any atom is -0.326 e. The van der Waals surface area contributed by atoms with Crippen molar-refractivity contribution in [1.82, 2.24) is 9.97 Å². The summed E-state index contributed by atoms with van der Waals surface area (Å²) in [6, 6.07) is 24.3. The van der Waals surface area contributed by atoms with Gasteiger partial charge in [0.15, 0.2) is 0 Å². The van der Waals surface area contributed by atoms with Gasteiger partial charge >= 0.3 is 0 Å². The third-order valence-electron chi connectivity index (χ3n) is 4.52. The minimum atomic E-state index is -0.194. The molecule has 1 amide bonds. The number of aromatic nitrogens is 2. The maximum Gasteiger partial charge on any atom is 0.258 e. The first-order valence-electron chi connectivity index (χ1n) is 9.62. The lowest BCUT2D eigenvalue weighted by Gasteiger charge is -2.06. The quantitative estimate of drug-likeness (QED) is 0.517. The first-order valence-corrected chi connectivity index (χ1v) is 9.62. The highest BCUT2D eigenvalue weighted by atomic mass is 16.1. The Morgan fingerprint density at radius 1 is 0.900 bits per heavy atom. The number of carbonyl (C=O) groups excluding carboxylic acids is 1. The molecule has 5 heteroatoms. The number of hydrogen-bond donors (Lipinski definition) is 2. The van der Waals surface area contributed by atoms with Gasteiger partial charge in [-0.1, -0.05) is 48.2 Å². The van der Waals surface area contributed by atoms with Crippen LogP contribution in [-0.2, 0) is 11.2 Å². The molecule has 0 aliphatic rings. The number of fused-ring (bicyclic) bond motifs is 1. The molecule has 0 unspecified atom stereocenters. The summed E-state index contributed by atoms with van der Waals surface area (Å²) in [5.41, 5.74) is 2.86. The number of H-pyrrole nitrogens is 1. The zero-order valence-corrected chi connectivity index (χ0v) is 16.2. The summed E-state index contributed by atoms with van der Waals surface area (Å²) in [6.07, 6.45) is 0.556. The molecule has 0 fully saturated rings. The molecule has 5 nitrogen and oxygen atoms in total. The van der Waals surface area contributed by atoms with E-state index in [9.17, 15) is 9.59 Å². The van der Waals surface area contributed by atoms with Gasteiger partial charge < -0.3 is 10.3 Å². The molecule has 3 aromatic carbocycles. The second-order valence-corrected chi connectivity index (χ2v) is 6.77. The average molecular weight is 393 g/mol. The SMILES string of the molecule is O=C(CCc1nc2ccccc2c(=O)[nH]1)Nc1cccc(C#Cc2ccccc2)c1. The monoisotopic (exact) mass is 393 g/mol. The van der Waals surface area contributed by atoms with Crippen LogP contribution in [0.25, 0.3) is 10.9 Å². The van der Waals surface area contributed by atoms with Crippen molar-refractivity contribution < 1.29 is 4.79 Å². The lowest BCUT2D eigenvalue weighted by Crippen LogP contribution is -2.16. The highest BCUT2D eigenvalue weighted by molar-refractivity contribution is 5.91. The molecule has 2 N–H and O–H groups in total. The van der Waals surface area contributed by atoms with Gasteiger partial charge in [-0.25, -0.2) is 4.98 Å². The topological polar surface area (TPSA) is 74.8 Å². The van der Waals surface area contributed by atoms with Gasteiger partial charge in [-0.05, 0) is 42.5 Å². The lowest BCUT2D eigenvalue weighted by molar-refractivity contribution is -0.116. The molecule has 0 spiro atoms. The Morgan fingerprint density at radius 2 is 1.63 bits per heavy atom. The van der Waals surface area contributed by atoms with E-state index in [1.807, 2.05) is 60.7 Å². The number of para-hydroxylation sites is 1. The van der Waals surface area contributed by atoms with Crippen molar-refractivity contribution in [2.24, 2.45) is 0 Å². The van der Waals surface area contributed by atoms with E-state index in [-0.39, 0.29) is 17.9 Å². The Kier molecular flexibility index (Phi) is 5.68. The van der Waals surface area contributed by atoms with Gasteiger partial charge in [0.2, 0.25) is 5.91 Å². The second kappa shape index (κ2) is 8.89. The standard InChI is InChI=1S/C25H19N3O2/c29-24(16-15-23-27-22-12-5-4-11-21(22)25(30)28-23)26-20-10-6-9-19(17-20)14-13-18-7-2-1-3-8-18/h1-12,17H,15-16H2,(H,26,29)(H,27,28,30). The number of anilines is 1. The third kappa shape index (κ3) is 4.81. The Morgan fingerprint density at radius 3 is 2.50 bits per heavy atom. The molecule has 0 radical (unpaired) electrons. The zero-order valence-electron chi connectivity index (χ0n) is 16.2. The van der Waals surface area contributed by atoms with Crippen LogP contribution < -0.4 is 10.9 Å². The van der Waals surface area contributed by atoms with E-state index in [0.29, 0.717) is 28.8 Å². The average Bonchev–Trinajstić information content (AvgIpc) is 2.77. The fraction of sp³-hybridized carbons (Fsp3) is 0.0800. The number of aryl methyl sites for hydroxylation is 1. The summed E-state index contributed by atoms with van der Waals surface area (Å²) in [6.45, 7) is 0. The van der Waals surface area contributed by atoms with Gasteiger partial charge in [0.05, 0.1) is 10.9 Å². The van der Waals surface area contributed by atoms with Crippen LogP contribution >= 0.6 is 0 Å². The number of benzene rings is 3. The minimum absolute atomic E-state index is 0.154. The summed E-state index contributed by atoms with van der Waals surface area (Å²) in [7, 11) is 0. The van der Waals surface area contributed by atoms with Crippen LogP contribution in [0, 0.1) is 11.8 Å². The highest BCUT2D eigenvalue weighted by Gasteiger charge is 2.07. The molecule has 0 atom stereocenters. The Labute approximate surface area is 173 Å². The van der Waals surface area contributed by atoms with Gasteiger partial charge in [0.25, 0.3) is 5.56 Å². The normalized spacial score (nSPS) is 10.3. The summed E-state index contributed by atoms with van der Waals surface area (Å²) >= 11 is 0. The van der Waals surface area contributed by atoms with Crippen molar-refractivity contribution in [3.05, 3.63) is 106 Å². The predicted molar refractivity (Wildman–Crippen MR) is 118 cm³/mol. The van der Waals surface area contributed by atoms with E-state index < -0.39 is 0 Å². The molecule has 0 saturated heterocycles. The van der Waals surface area contributed by atoms with Crippen LogP contribution in [-0.4, -0.2) is 15.9 Å². The fourth-order valence-corrected chi connectivity index (χ4v) is 3.05. The van der Waals surface area contributed by atoms with Crippen molar-refractivity contribution in [3.63, 3.8) is 0 Å². The lowest BCUT2D eigenvalue weighted by atomic mass is 10.1. The van der Waals surface area contributed by atoms with Gasteiger partial charge in [-0.3, -0.25) is 9.59 Å². The van der Waals surface area contributed by atoms with Crippen LogP contribution in [0.15, 0.2) is 83.7 Å². The highest BCUT2D eigenvalue weighted by Crippen LogP contribution is 2.12. The van der Waals surface area contributed by atoms with E-state index in [2.05, 4.69) is 27.1 Å². The number of nitrogens with zero attached hydrogens (tertiary/aromatic N) is 1. The summed E-state index contributed by atoms with van der Waals surface area (Å²) in [5.74, 6) is 6.55. The Hall–Kier alpha value is -4.17. The molecule has 0 saturated carbocycles. The van der Waals surface area contributed by atoms with Crippen LogP contribution in [0.3, 0.4) is 0 Å². The molecule has 0 bridgehead atoms. The fourth-order valence-electron chi connectivity index (χ4n) is 3.05. The number of hydrogen-bond acceptors (Lipinski definition) is 3. The molecule has 1 heterocycles. The van der Waals surface area contributed by atoms with Crippen molar-refractivity contribution in [3.8, 4) is 11.8 Å². The van der Waals surface area contributed by atoms with E-state index in [1.165, 1.54) is 0 Å². The first-order chi connectivity index (χ1) is 14.7. The van der Waals surface area contributed by atoms with Crippen LogP contribution in [0.4, 0.5) is 5.69 Å². The van der Waals surface area contributed by atoms with Crippen molar-refractivity contribution in [1.29, 1.82) is 0 Å². The van der Waals surface area contributed by atoms with Crippen molar-refractivity contribution in [2.75, 3.05) is 5.32 Å². The maximum absolute atomic E-state index is 12.4. The van der Waals surface area contributed by atoms with E-state index in [4.69, 9.17) is 0 Å². The molecular formula is C25H19N3O2. The number of amides is 1. The molecule has 0 aliphatic heterocycles. The predicted octanol–water partition coefficient (Wildman–Crippen LogP) is 3.89. The van der Waals surface area contributed by atoms with Gasteiger partial charge in [0, 0.05) is 29.7 Å². The Bertz CT molecular complexity index is 1310. The van der Waals surface area contributed by atoms with E-state index >= 15 is 0 Å². The van der Waals surface area contributed by atoms with Gasteiger partial charge in [0.1, 0.15) is 5.82 Å². The molecule has 1 aromatic heterocycles. The molecule has 0 aliphatic carbocycles. The number of carbonyl (C=O) groups is 1. The number of nitrogens with one attached hydrogen (secondary N) is 2. The Balaban J connectivity index is 1.40. The summed E-state index contributed by atoms with van der Waals surface area (Å²) in [4.78, 5) is 31.7. The molecule has 30 heavy (non-hydrogen) atoms. The second-order valence-electron chi connectivity index (χ2n) is 6.77. The van der Waals surface area contributed by atoms with Crippen molar-refractivity contribution in [2.45, 2.75) is 12.8 Å². The molecular weight excluding hydrogens is 374 g/mol. The van der Waals surface area contributed by atoms with E-state index in [1.54, 1.807) is 18.2 Å². The summed E-state index contributed by atoms with van der Waals surface area (Å²) in [5, 5.41) is 3.42. The first kappa shape index (κ1) is 19.2. The summed E-state index contributed by atoms with van der Waals surface area (Å²) < 4.78 is 0. The smallest absolute Gasteiger partial charge is 0.258 e. The number of rotatable bonds is 4. The van der Waals surface area contributed by atoms with Gasteiger partial charge in [-0.15, -0.1) is 0 Å². The van der Waals surface area contributed by atoms with Crippen molar-refractivity contribution >= 4 is 22.5 Å². The zero-order chi connectivity index (χ0) is 20.8. The van der Waals surface area contributed by atoms with Crippen LogP contribution in [0.1, 0.15) is 23.4 Å². The largest absolute Gasteiger partial charge is 0.326 e. The van der Waals surface area contributed by atoms with E-state index in [0.717, 1.165) is 11.1 Å². The van der Waals surface area contributed by atoms with Gasteiger partial charge in [-0.2, -0.15) is 0 Å². The molecule has 146 valence electrons. The van der Waals surface area contributed by atoms with Crippen LogP contribution in [0.2, 0.25) is 0 Å². The number of aromatic amines is 1.